The van der Waals surface area contributed by atoms with Crippen molar-refractivity contribution < 1.29 is 4.79 Å². The van der Waals surface area contributed by atoms with Crippen LogP contribution in [0.4, 0.5) is 0 Å². The van der Waals surface area contributed by atoms with E-state index in [-0.39, 0.29) is 11.3 Å². The van der Waals surface area contributed by atoms with Gasteiger partial charge in [-0.3, -0.25) is 4.79 Å². The van der Waals surface area contributed by atoms with Crippen molar-refractivity contribution in [2.45, 2.75) is 33.6 Å². The average molecular weight is 308 g/mol. The summed E-state index contributed by atoms with van der Waals surface area (Å²) in [6.07, 6.45) is 1.90. The molecule has 102 valence electrons. The van der Waals surface area contributed by atoms with Crippen molar-refractivity contribution >= 4 is 40.4 Å². The number of hydrogen-bond donors (Lipinski definition) is 1. The minimum Gasteiger partial charge on any atom is -0.351 e. The predicted molar refractivity (Wildman–Crippen MR) is 80.1 cm³/mol. The lowest BCUT2D eigenvalue weighted by Gasteiger charge is -2.29. The van der Waals surface area contributed by atoms with E-state index >= 15 is 0 Å². The summed E-state index contributed by atoms with van der Waals surface area (Å²) in [5.41, 5.74) is 0.928. The molecule has 0 spiro atoms. The molecule has 2 nitrogen and oxygen atoms in total. The Balaban J connectivity index is 2.69. The van der Waals surface area contributed by atoms with Crippen LogP contribution in [-0.4, -0.2) is 18.3 Å². The third kappa shape index (κ3) is 3.40. The van der Waals surface area contributed by atoms with Crippen LogP contribution in [0.1, 0.15) is 41.9 Å². The summed E-state index contributed by atoms with van der Waals surface area (Å²) in [6.45, 7) is 6.69. The van der Waals surface area contributed by atoms with Crippen molar-refractivity contribution in [3.8, 4) is 0 Å². The molecule has 0 saturated carbocycles. The fraction of sp³-hybridized carbons (Fsp3) is 0.615. The summed E-state index contributed by atoms with van der Waals surface area (Å²) < 4.78 is 0. The van der Waals surface area contributed by atoms with Crippen molar-refractivity contribution in [2.75, 3.05) is 12.4 Å². The molecule has 0 atom stereocenters. The summed E-state index contributed by atoms with van der Waals surface area (Å²) >= 11 is 13.5. The zero-order valence-corrected chi connectivity index (χ0v) is 13.3. The van der Waals surface area contributed by atoms with Crippen LogP contribution in [0.2, 0.25) is 5.02 Å². The van der Waals surface area contributed by atoms with E-state index in [9.17, 15) is 4.79 Å². The molecule has 0 aliphatic heterocycles. The second-order valence-electron chi connectivity index (χ2n) is 4.59. The lowest BCUT2D eigenvalue weighted by molar-refractivity contribution is 0.0936. The quantitative estimate of drug-likeness (QED) is 0.771. The molecule has 0 aromatic carbocycles. The van der Waals surface area contributed by atoms with Crippen LogP contribution < -0.4 is 5.32 Å². The molecule has 1 aromatic heterocycles. The Morgan fingerprint density at radius 1 is 1.44 bits per heavy atom. The number of carbonyl (C=O) groups excluding carboxylic acids is 1. The van der Waals surface area contributed by atoms with Gasteiger partial charge in [-0.1, -0.05) is 25.4 Å². The Bertz CT molecular complexity index is 405. The molecule has 1 aromatic rings. The highest BCUT2D eigenvalue weighted by Crippen LogP contribution is 2.29. The number of carbonyl (C=O) groups is 1. The van der Waals surface area contributed by atoms with Gasteiger partial charge in [0.25, 0.3) is 5.91 Å². The number of halogens is 2. The smallest absolute Gasteiger partial charge is 0.262 e. The van der Waals surface area contributed by atoms with E-state index in [1.165, 1.54) is 11.3 Å². The largest absolute Gasteiger partial charge is 0.351 e. The van der Waals surface area contributed by atoms with E-state index in [1.54, 1.807) is 0 Å². The van der Waals surface area contributed by atoms with Crippen molar-refractivity contribution in [3.63, 3.8) is 0 Å². The highest BCUT2D eigenvalue weighted by Gasteiger charge is 2.26. The second kappa shape index (κ2) is 6.78. The van der Waals surface area contributed by atoms with Gasteiger partial charge < -0.3 is 5.32 Å². The standard InChI is InChI=1S/C13H19Cl2NOS/c1-4-13(5-2,7-14)8-16-12(17)11-10(15)9(3)6-18-11/h6H,4-5,7-8H2,1-3H3,(H,16,17). The van der Waals surface area contributed by atoms with Crippen molar-refractivity contribution in [1.29, 1.82) is 0 Å². The van der Waals surface area contributed by atoms with Gasteiger partial charge >= 0.3 is 0 Å². The van der Waals surface area contributed by atoms with Gasteiger partial charge in [0.2, 0.25) is 0 Å². The summed E-state index contributed by atoms with van der Waals surface area (Å²) in [4.78, 5) is 12.6. The number of hydrogen-bond acceptors (Lipinski definition) is 2. The number of thiophene rings is 1. The third-order valence-corrected chi connectivity index (χ3v) is 5.78. The van der Waals surface area contributed by atoms with Gasteiger partial charge in [0.15, 0.2) is 0 Å². The monoisotopic (exact) mass is 307 g/mol. The first kappa shape index (κ1) is 15.8. The van der Waals surface area contributed by atoms with Gasteiger partial charge in [0.05, 0.1) is 5.02 Å². The molecule has 0 unspecified atom stereocenters. The van der Waals surface area contributed by atoms with E-state index in [2.05, 4.69) is 19.2 Å². The maximum absolute atomic E-state index is 12.0. The predicted octanol–water partition coefficient (Wildman–Crippen LogP) is 4.48. The molecule has 1 N–H and O–H groups in total. The van der Waals surface area contributed by atoms with Crippen molar-refractivity contribution in [1.82, 2.24) is 5.32 Å². The molecule has 0 radical (unpaired) electrons. The van der Waals surface area contributed by atoms with E-state index < -0.39 is 0 Å². The fourth-order valence-electron chi connectivity index (χ4n) is 1.67. The summed E-state index contributed by atoms with van der Waals surface area (Å²) in [5.74, 6) is 0.451. The normalized spacial score (nSPS) is 11.6. The summed E-state index contributed by atoms with van der Waals surface area (Å²) in [5, 5.41) is 5.40. The molecular weight excluding hydrogens is 289 g/mol. The first-order valence-electron chi connectivity index (χ1n) is 6.07. The van der Waals surface area contributed by atoms with Crippen LogP contribution in [0.3, 0.4) is 0 Å². The number of rotatable bonds is 6. The summed E-state index contributed by atoms with van der Waals surface area (Å²) in [6, 6.07) is 0. The van der Waals surface area contributed by atoms with Gasteiger partial charge in [-0.05, 0) is 30.7 Å². The maximum atomic E-state index is 12.0. The number of nitrogens with one attached hydrogen (secondary N) is 1. The van der Waals surface area contributed by atoms with Gasteiger partial charge in [-0.15, -0.1) is 22.9 Å². The van der Waals surface area contributed by atoms with E-state index in [0.29, 0.717) is 22.3 Å². The van der Waals surface area contributed by atoms with E-state index in [1.807, 2.05) is 12.3 Å². The molecular formula is C13H19Cl2NOS. The zero-order chi connectivity index (χ0) is 13.8. The summed E-state index contributed by atoms with van der Waals surface area (Å²) in [7, 11) is 0. The molecule has 1 heterocycles. The van der Waals surface area contributed by atoms with E-state index in [0.717, 1.165) is 18.4 Å². The fourth-order valence-corrected chi connectivity index (χ4v) is 3.33. The molecule has 0 aliphatic carbocycles. The zero-order valence-electron chi connectivity index (χ0n) is 11.0. The number of alkyl halides is 1. The van der Waals surface area contributed by atoms with Crippen LogP contribution in [-0.2, 0) is 0 Å². The Morgan fingerprint density at radius 2 is 2.06 bits per heavy atom. The van der Waals surface area contributed by atoms with Crippen molar-refractivity contribution in [3.05, 3.63) is 20.8 Å². The van der Waals surface area contributed by atoms with Crippen LogP contribution in [0.5, 0.6) is 0 Å². The topological polar surface area (TPSA) is 29.1 Å². The second-order valence-corrected chi connectivity index (χ2v) is 6.11. The first-order valence-corrected chi connectivity index (χ1v) is 7.86. The molecule has 0 fully saturated rings. The lowest BCUT2D eigenvalue weighted by atomic mass is 9.84. The average Bonchev–Trinajstić information content (AvgIpc) is 2.72. The maximum Gasteiger partial charge on any atom is 0.262 e. The Morgan fingerprint density at radius 3 is 2.44 bits per heavy atom. The SMILES string of the molecule is CCC(CC)(CCl)CNC(=O)c1scc(C)c1Cl. The third-order valence-electron chi connectivity index (χ3n) is 3.51. The Hall–Kier alpha value is -0.250. The van der Waals surface area contributed by atoms with Crippen LogP contribution in [0.25, 0.3) is 0 Å². The van der Waals surface area contributed by atoms with Crippen LogP contribution >= 0.6 is 34.5 Å². The molecule has 5 heteroatoms. The Labute approximate surface area is 123 Å². The first-order chi connectivity index (χ1) is 8.49. The highest BCUT2D eigenvalue weighted by atomic mass is 35.5. The van der Waals surface area contributed by atoms with Gasteiger partial charge in [0, 0.05) is 17.8 Å². The lowest BCUT2D eigenvalue weighted by Crippen LogP contribution is -2.38. The Kier molecular flexibility index (Phi) is 5.96. The number of amides is 1. The van der Waals surface area contributed by atoms with Crippen molar-refractivity contribution in [2.24, 2.45) is 5.41 Å². The highest BCUT2D eigenvalue weighted by molar-refractivity contribution is 7.13. The molecule has 0 aliphatic rings. The van der Waals surface area contributed by atoms with E-state index in [4.69, 9.17) is 23.2 Å². The molecule has 0 bridgehead atoms. The van der Waals surface area contributed by atoms with Gasteiger partial charge in [-0.2, -0.15) is 0 Å². The van der Waals surface area contributed by atoms with Crippen LogP contribution in [0.15, 0.2) is 5.38 Å². The minimum atomic E-state index is -0.102. The number of aryl methyl sites for hydroxylation is 1. The van der Waals surface area contributed by atoms with Gasteiger partial charge in [0.1, 0.15) is 4.88 Å². The van der Waals surface area contributed by atoms with Gasteiger partial charge in [-0.25, -0.2) is 0 Å². The van der Waals surface area contributed by atoms with Crippen LogP contribution in [0, 0.1) is 12.3 Å². The molecule has 1 amide bonds. The molecule has 0 saturated heterocycles. The molecule has 18 heavy (non-hydrogen) atoms. The molecule has 1 rings (SSSR count). The minimum absolute atomic E-state index is 0.0179.